The van der Waals surface area contributed by atoms with Gasteiger partial charge in [-0.25, -0.2) is 4.39 Å². The van der Waals surface area contributed by atoms with Crippen molar-refractivity contribution in [2.24, 2.45) is 5.73 Å². The molecule has 0 atom stereocenters. The Balaban J connectivity index is 2.39. The number of aryl methyl sites for hydroxylation is 1. The van der Waals surface area contributed by atoms with Crippen LogP contribution in [0.5, 0.6) is 5.75 Å². The van der Waals surface area contributed by atoms with E-state index in [1.165, 1.54) is 13.2 Å². The molecule has 1 aromatic rings. The molecule has 0 aromatic heterocycles. The molecule has 4 nitrogen and oxygen atoms in total. The van der Waals surface area contributed by atoms with Crippen molar-refractivity contribution in [2.45, 2.75) is 19.3 Å². The third-order valence-corrected chi connectivity index (χ3v) is 2.56. The number of hydrogen-bond acceptors (Lipinski definition) is 3. The normalized spacial score (nSPS) is 10.2. The minimum atomic E-state index is -0.404. The first kappa shape index (κ1) is 14.4. The third kappa shape index (κ3) is 4.71. The van der Waals surface area contributed by atoms with Crippen LogP contribution in [0.1, 0.15) is 18.4 Å². The topological polar surface area (TPSA) is 64.3 Å². The summed E-state index contributed by atoms with van der Waals surface area (Å²) in [5.74, 6) is -0.232. The van der Waals surface area contributed by atoms with Gasteiger partial charge in [0.05, 0.1) is 7.11 Å². The zero-order chi connectivity index (χ0) is 13.4. The van der Waals surface area contributed by atoms with Gasteiger partial charge in [-0.15, -0.1) is 0 Å². The molecule has 5 heteroatoms. The van der Waals surface area contributed by atoms with Crippen LogP contribution in [-0.4, -0.2) is 26.1 Å². The van der Waals surface area contributed by atoms with Crippen molar-refractivity contribution in [3.05, 3.63) is 29.6 Å². The van der Waals surface area contributed by atoms with E-state index < -0.39 is 5.82 Å². The maximum absolute atomic E-state index is 13.4. The Morgan fingerprint density at radius 2 is 2.28 bits per heavy atom. The van der Waals surface area contributed by atoms with Crippen molar-refractivity contribution in [3.63, 3.8) is 0 Å². The summed E-state index contributed by atoms with van der Waals surface area (Å²) in [7, 11) is 1.42. The molecule has 0 spiro atoms. The summed E-state index contributed by atoms with van der Waals surface area (Å²) in [4.78, 5) is 11.4. The fourth-order valence-corrected chi connectivity index (χ4v) is 1.54. The summed E-state index contributed by atoms with van der Waals surface area (Å²) in [6.45, 7) is 1.15. The van der Waals surface area contributed by atoms with Crippen molar-refractivity contribution in [1.82, 2.24) is 5.32 Å². The Morgan fingerprint density at radius 1 is 1.50 bits per heavy atom. The molecule has 0 aliphatic heterocycles. The summed E-state index contributed by atoms with van der Waals surface area (Å²) < 4.78 is 18.2. The van der Waals surface area contributed by atoms with Gasteiger partial charge in [-0.3, -0.25) is 4.79 Å². The number of rotatable bonds is 7. The molecule has 0 bridgehead atoms. The highest BCUT2D eigenvalue weighted by Crippen LogP contribution is 2.18. The zero-order valence-electron chi connectivity index (χ0n) is 10.5. The standard InChI is InChI=1S/C13H19FN2O2/c1-18-12-5-3-10(9-11(12)14)4-6-13(17)16-8-2-7-15/h3,5,9H,2,4,6-8,15H2,1H3,(H,16,17). The first-order chi connectivity index (χ1) is 8.67. The van der Waals surface area contributed by atoms with Crippen LogP contribution in [-0.2, 0) is 11.2 Å². The Hall–Kier alpha value is -1.62. The van der Waals surface area contributed by atoms with Crippen molar-refractivity contribution in [3.8, 4) is 5.75 Å². The molecule has 100 valence electrons. The quantitative estimate of drug-likeness (QED) is 0.719. The number of halogens is 1. The molecular weight excluding hydrogens is 235 g/mol. The van der Waals surface area contributed by atoms with Gasteiger partial charge >= 0.3 is 0 Å². The Morgan fingerprint density at radius 3 is 2.89 bits per heavy atom. The third-order valence-electron chi connectivity index (χ3n) is 2.56. The molecule has 0 saturated heterocycles. The van der Waals surface area contributed by atoms with E-state index in [-0.39, 0.29) is 11.7 Å². The SMILES string of the molecule is COc1ccc(CCC(=O)NCCCN)cc1F. The highest BCUT2D eigenvalue weighted by Gasteiger charge is 2.05. The average molecular weight is 254 g/mol. The molecule has 0 fully saturated rings. The lowest BCUT2D eigenvalue weighted by atomic mass is 10.1. The number of nitrogens with one attached hydrogen (secondary N) is 1. The van der Waals surface area contributed by atoms with Crippen molar-refractivity contribution in [2.75, 3.05) is 20.2 Å². The predicted molar refractivity (Wildman–Crippen MR) is 68.0 cm³/mol. The Labute approximate surface area is 106 Å². The van der Waals surface area contributed by atoms with E-state index in [2.05, 4.69) is 5.32 Å². The number of nitrogens with two attached hydrogens (primary N) is 1. The van der Waals surface area contributed by atoms with Crippen LogP contribution in [0, 0.1) is 5.82 Å². The van der Waals surface area contributed by atoms with Crippen LogP contribution in [0.4, 0.5) is 4.39 Å². The second-order valence-electron chi connectivity index (χ2n) is 3.96. The highest BCUT2D eigenvalue weighted by molar-refractivity contribution is 5.76. The van der Waals surface area contributed by atoms with Gasteiger partial charge in [-0.2, -0.15) is 0 Å². The van der Waals surface area contributed by atoms with Crippen LogP contribution >= 0.6 is 0 Å². The molecule has 18 heavy (non-hydrogen) atoms. The number of methoxy groups -OCH3 is 1. The van der Waals surface area contributed by atoms with Crippen LogP contribution in [0.15, 0.2) is 18.2 Å². The molecule has 0 saturated carbocycles. The zero-order valence-corrected chi connectivity index (χ0v) is 10.5. The van der Waals surface area contributed by atoms with Crippen molar-refractivity contribution < 1.29 is 13.9 Å². The van der Waals surface area contributed by atoms with Gasteiger partial charge in [0, 0.05) is 13.0 Å². The van der Waals surface area contributed by atoms with Gasteiger partial charge < -0.3 is 15.8 Å². The van der Waals surface area contributed by atoms with E-state index >= 15 is 0 Å². The lowest BCUT2D eigenvalue weighted by molar-refractivity contribution is -0.121. The summed E-state index contributed by atoms with van der Waals surface area (Å²) in [5, 5.41) is 2.75. The number of carbonyl (C=O) groups is 1. The Bertz CT molecular complexity index is 397. The minimum Gasteiger partial charge on any atom is -0.494 e. The first-order valence-corrected chi connectivity index (χ1v) is 5.96. The largest absolute Gasteiger partial charge is 0.494 e. The maximum Gasteiger partial charge on any atom is 0.220 e. The molecule has 0 aliphatic rings. The van der Waals surface area contributed by atoms with Gasteiger partial charge in [0.15, 0.2) is 11.6 Å². The minimum absolute atomic E-state index is 0.0420. The number of ether oxygens (including phenoxy) is 1. The highest BCUT2D eigenvalue weighted by atomic mass is 19.1. The lowest BCUT2D eigenvalue weighted by Crippen LogP contribution is -2.26. The van der Waals surface area contributed by atoms with E-state index in [9.17, 15) is 9.18 Å². The number of carbonyl (C=O) groups excluding carboxylic acids is 1. The summed E-state index contributed by atoms with van der Waals surface area (Å²) in [6.07, 6.45) is 1.62. The second-order valence-corrected chi connectivity index (χ2v) is 3.96. The molecule has 0 unspecified atom stereocenters. The molecule has 0 radical (unpaired) electrons. The molecule has 1 rings (SSSR count). The number of hydrogen-bond donors (Lipinski definition) is 2. The summed E-state index contributed by atoms with van der Waals surface area (Å²) in [6, 6.07) is 4.72. The van der Waals surface area contributed by atoms with E-state index in [0.717, 1.165) is 12.0 Å². The van der Waals surface area contributed by atoms with Gasteiger partial charge in [0.2, 0.25) is 5.91 Å². The predicted octanol–water partition coefficient (Wildman–Crippen LogP) is 1.23. The van der Waals surface area contributed by atoms with E-state index in [1.807, 2.05) is 0 Å². The van der Waals surface area contributed by atoms with Crippen molar-refractivity contribution in [1.29, 1.82) is 0 Å². The number of amides is 1. The summed E-state index contributed by atoms with van der Waals surface area (Å²) in [5.41, 5.74) is 6.10. The molecule has 0 heterocycles. The maximum atomic E-state index is 13.4. The number of benzene rings is 1. The van der Waals surface area contributed by atoms with Gasteiger partial charge in [-0.1, -0.05) is 6.07 Å². The fourth-order valence-electron chi connectivity index (χ4n) is 1.54. The first-order valence-electron chi connectivity index (χ1n) is 5.96. The van der Waals surface area contributed by atoms with Crippen LogP contribution in [0.2, 0.25) is 0 Å². The van der Waals surface area contributed by atoms with E-state index in [1.54, 1.807) is 12.1 Å². The summed E-state index contributed by atoms with van der Waals surface area (Å²) >= 11 is 0. The van der Waals surface area contributed by atoms with Gasteiger partial charge in [0.25, 0.3) is 0 Å². The van der Waals surface area contributed by atoms with Crippen LogP contribution < -0.4 is 15.8 Å². The molecule has 1 amide bonds. The van der Waals surface area contributed by atoms with Crippen LogP contribution in [0.25, 0.3) is 0 Å². The van der Waals surface area contributed by atoms with Crippen LogP contribution in [0.3, 0.4) is 0 Å². The fraction of sp³-hybridized carbons (Fsp3) is 0.462. The average Bonchev–Trinajstić information content (AvgIpc) is 2.37. The molecular formula is C13H19FN2O2. The van der Waals surface area contributed by atoms with E-state index in [0.29, 0.717) is 25.9 Å². The monoisotopic (exact) mass is 254 g/mol. The Kier molecular flexibility index (Phi) is 6.14. The molecule has 3 N–H and O–H groups in total. The van der Waals surface area contributed by atoms with Crippen molar-refractivity contribution >= 4 is 5.91 Å². The smallest absolute Gasteiger partial charge is 0.220 e. The van der Waals surface area contributed by atoms with E-state index in [4.69, 9.17) is 10.5 Å². The lowest BCUT2D eigenvalue weighted by Gasteiger charge is -2.06. The molecule has 1 aromatic carbocycles. The van der Waals surface area contributed by atoms with Gasteiger partial charge in [-0.05, 0) is 37.1 Å². The van der Waals surface area contributed by atoms with Gasteiger partial charge in [0.1, 0.15) is 0 Å². The molecule has 0 aliphatic carbocycles. The second kappa shape index (κ2) is 7.66.